The number of halogens is 1. The summed E-state index contributed by atoms with van der Waals surface area (Å²) in [6.45, 7) is -0.588. The molecule has 1 fully saturated rings. The molecule has 2 aromatic carbocycles. The monoisotopic (exact) mass is 450 g/mol. The summed E-state index contributed by atoms with van der Waals surface area (Å²) in [4.78, 5) is 14.3. The molecule has 3 rings (SSSR count). The molecule has 9 heteroatoms. The van der Waals surface area contributed by atoms with Gasteiger partial charge in [-0.15, -0.1) is 0 Å². The highest BCUT2D eigenvalue weighted by Gasteiger charge is 2.34. The van der Waals surface area contributed by atoms with E-state index in [9.17, 15) is 22.7 Å². The minimum atomic E-state index is -4.25. The maximum Gasteiger partial charge on any atom is 0.264 e. The fraction of sp³-hybridized carbons (Fsp3) is 0.409. The number of benzene rings is 2. The van der Waals surface area contributed by atoms with Crippen molar-refractivity contribution < 1.29 is 27.4 Å². The summed E-state index contributed by atoms with van der Waals surface area (Å²) < 4.78 is 47.2. The van der Waals surface area contributed by atoms with Crippen molar-refractivity contribution in [1.29, 1.82) is 0 Å². The molecule has 2 atom stereocenters. The second-order valence-electron chi connectivity index (χ2n) is 7.56. The summed E-state index contributed by atoms with van der Waals surface area (Å²) in [5.74, 6) is -0.808. The van der Waals surface area contributed by atoms with Crippen LogP contribution in [-0.2, 0) is 14.8 Å². The number of sulfonamides is 1. The molecule has 2 unspecified atom stereocenters. The van der Waals surface area contributed by atoms with Crippen molar-refractivity contribution in [3.63, 3.8) is 0 Å². The lowest BCUT2D eigenvalue weighted by molar-refractivity contribution is -0.133. The first kappa shape index (κ1) is 23.0. The van der Waals surface area contributed by atoms with Crippen molar-refractivity contribution in [3.05, 3.63) is 54.3 Å². The number of carbonyl (C=O) groups excluding carboxylic acids is 1. The molecule has 7 nitrogen and oxygen atoms in total. The second kappa shape index (κ2) is 9.65. The molecule has 0 heterocycles. The first-order valence-corrected chi connectivity index (χ1v) is 11.5. The summed E-state index contributed by atoms with van der Waals surface area (Å²) >= 11 is 0. The van der Waals surface area contributed by atoms with Crippen molar-refractivity contribution >= 4 is 21.6 Å². The van der Waals surface area contributed by atoms with E-state index in [0.29, 0.717) is 18.6 Å². The Labute approximate surface area is 182 Å². The van der Waals surface area contributed by atoms with Gasteiger partial charge in [-0.25, -0.2) is 12.8 Å². The van der Waals surface area contributed by atoms with Crippen LogP contribution in [0, 0.1) is 5.82 Å². The molecule has 1 N–H and O–H groups in total. The Hall–Kier alpha value is -2.65. The number of methoxy groups -OCH3 is 1. The quantitative estimate of drug-likeness (QED) is 0.701. The van der Waals surface area contributed by atoms with Crippen LogP contribution in [0.15, 0.2) is 53.4 Å². The average molecular weight is 451 g/mol. The molecule has 0 spiro atoms. The summed E-state index contributed by atoms with van der Waals surface area (Å²) in [7, 11) is -1.24. The maximum atomic E-state index is 14.6. The van der Waals surface area contributed by atoms with Crippen molar-refractivity contribution in [2.45, 2.75) is 42.7 Å². The Morgan fingerprint density at radius 3 is 2.39 bits per heavy atom. The van der Waals surface area contributed by atoms with Crippen LogP contribution in [0.25, 0.3) is 0 Å². The number of amides is 1. The Morgan fingerprint density at radius 1 is 1.13 bits per heavy atom. The topological polar surface area (TPSA) is 87.2 Å². The molecule has 0 aromatic heterocycles. The predicted molar refractivity (Wildman–Crippen MR) is 115 cm³/mol. The van der Waals surface area contributed by atoms with E-state index in [1.807, 2.05) is 0 Å². The van der Waals surface area contributed by atoms with Gasteiger partial charge in [-0.05, 0) is 49.2 Å². The van der Waals surface area contributed by atoms with Gasteiger partial charge >= 0.3 is 0 Å². The molecule has 0 bridgehead atoms. The van der Waals surface area contributed by atoms with Gasteiger partial charge < -0.3 is 14.7 Å². The molecule has 1 aliphatic carbocycles. The molecule has 168 valence electrons. The van der Waals surface area contributed by atoms with Crippen molar-refractivity contribution in [2.75, 3.05) is 25.0 Å². The Balaban J connectivity index is 1.95. The molecule has 1 amide bonds. The molecule has 1 aliphatic rings. The van der Waals surface area contributed by atoms with E-state index >= 15 is 0 Å². The predicted octanol–water partition coefficient (Wildman–Crippen LogP) is 2.79. The molecular formula is C22H27FN2O5S. The van der Waals surface area contributed by atoms with Gasteiger partial charge in [-0.1, -0.05) is 25.0 Å². The van der Waals surface area contributed by atoms with Crippen LogP contribution in [0.5, 0.6) is 5.75 Å². The third-order valence-electron chi connectivity index (χ3n) is 5.63. The number of hydrogen-bond acceptors (Lipinski definition) is 5. The number of rotatable bonds is 7. The van der Waals surface area contributed by atoms with Gasteiger partial charge in [0.2, 0.25) is 5.91 Å². The van der Waals surface area contributed by atoms with Crippen LogP contribution in [0.4, 0.5) is 10.1 Å². The standard InChI is InChI=1S/C22H27FN2O5S/c1-24(20-9-5-6-10-21(20)26)22(27)15-25(19-8-4-3-7-18(19)23)31(28,29)17-13-11-16(30-2)12-14-17/h3-4,7-8,11-14,20-21,26H,5-6,9-10,15H2,1-2H3. The summed E-state index contributed by atoms with van der Waals surface area (Å²) in [6, 6.07) is 10.7. The molecule has 2 aromatic rings. The lowest BCUT2D eigenvalue weighted by Crippen LogP contribution is -2.50. The molecule has 0 aliphatic heterocycles. The molecule has 31 heavy (non-hydrogen) atoms. The van der Waals surface area contributed by atoms with Crippen molar-refractivity contribution in [2.24, 2.45) is 0 Å². The van der Waals surface area contributed by atoms with Crippen LogP contribution < -0.4 is 9.04 Å². The van der Waals surface area contributed by atoms with E-state index in [0.717, 1.165) is 23.2 Å². The maximum absolute atomic E-state index is 14.6. The first-order chi connectivity index (χ1) is 14.8. The first-order valence-electron chi connectivity index (χ1n) is 10.1. The highest BCUT2D eigenvalue weighted by Crippen LogP contribution is 2.28. The van der Waals surface area contributed by atoms with Crippen LogP contribution in [-0.4, -0.2) is 57.2 Å². The van der Waals surface area contributed by atoms with E-state index in [1.54, 1.807) is 7.05 Å². The number of nitrogens with zero attached hydrogens (tertiary/aromatic N) is 2. The number of ether oxygens (including phenoxy) is 1. The summed E-state index contributed by atoms with van der Waals surface area (Å²) in [6.07, 6.45) is 2.31. The molecule has 1 saturated carbocycles. The average Bonchev–Trinajstić information content (AvgIpc) is 2.77. The van der Waals surface area contributed by atoms with Crippen LogP contribution in [0.3, 0.4) is 0 Å². The van der Waals surface area contributed by atoms with Crippen molar-refractivity contribution in [1.82, 2.24) is 4.90 Å². The number of hydrogen-bond donors (Lipinski definition) is 1. The summed E-state index contributed by atoms with van der Waals surface area (Å²) in [5, 5.41) is 10.3. The normalized spacial score (nSPS) is 19.0. The number of para-hydroxylation sites is 1. The fourth-order valence-corrected chi connectivity index (χ4v) is 5.21. The zero-order chi connectivity index (χ0) is 22.6. The van der Waals surface area contributed by atoms with E-state index in [2.05, 4.69) is 0 Å². The Kier molecular flexibility index (Phi) is 7.17. The second-order valence-corrected chi connectivity index (χ2v) is 9.42. The van der Waals surface area contributed by atoms with Gasteiger partial charge in [-0.3, -0.25) is 9.10 Å². The molecular weight excluding hydrogens is 423 g/mol. The van der Waals surface area contributed by atoms with Crippen molar-refractivity contribution in [3.8, 4) is 5.75 Å². The van der Waals surface area contributed by atoms with Crippen LogP contribution in [0.2, 0.25) is 0 Å². The lowest BCUT2D eigenvalue weighted by Gasteiger charge is -2.36. The lowest BCUT2D eigenvalue weighted by atomic mass is 9.91. The minimum Gasteiger partial charge on any atom is -0.497 e. The highest BCUT2D eigenvalue weighted by molar-refractivity contribution is 7.92. The zero-order valence-electron chi connectivity index (χ0n) is 17.6. The van der Waals surface area contributed by atoms with E-state index in [1.165, 1.54) is 54.5 Å². The third kappa shape index (κ3) is 4.99. The van der Waals surface area contributed by atoms with Gasteiger partial charge in [0.1, 0.15) is 18.1 Å². The van der Waals surface area contributed by atoms with E-state index < -0.39 is 40.4 Å². The van der Waals surface area contributed by atoms with Gasteiger partial charge in [-0.2, -0.15) is 0 Å². The number of aliphatic hydroxyl groups excluding tert-OH is 1. The smallest absolute Gasteiger partial charge is 0.264 e. The summed E-state index contributed by atoms with van der Waals surface area (Å²) in [5.41, 5.74) is -0.218. The number of likely N-dealkylation sites (N-methyl/N-ethyl adjacent to an activating group) is 1. The van der Waals surface area contributed by atoms with Gasteiger partial charge in [0.25, 0.3) is 10.0 Å². The van der Waals surface area contributed by atoms with Gasteiger partial charge in [0.05, 0.1) is 29.8 Å². The molecule has 0 saturated heterocycles. The number of carbonyl (C=O) groups is 1. The van der Waals surface area contributed by atoms with Gasteiger partial charge in [0, 0.05) is 7.05 Å². The fourth-order valence-electron chi connectivity index (χ4n) is 3.79. The van der Waals surface area contributed by atoms with Crippen LogP contribution >= 0.6 is 0 Å². The molecule has 0 radical (unpaired) electrons. The van der Waals surface area contributed by atoms with Gasteiger partial charge in [0.15, 0.2) is 0 Å². The van der Waals surface area contributed by atoms with E-state index in [4.69, 9.17) is 4.74 Å². The Morgan fingerprint density at radius 2 is 1.77 bits per heavy atom. The number of aliphatic hydroxyl groups is 1. The largest absolute Gasteiger partial charge is 0.497 e. The number of anilines is 1. The zero-order valence-corrected chi connectivity index (χ0v) is 18.4. The highest BCUT2D eigenvalue weighted by atomic mass is 32.2. The SMILES string of the molecule is COc1ccc(S(=O)(=O)N(CC(=O)N(C)C2CCCCC2O)c2ccccc2F)cc1. The third-order valence-corrected chi connectivity index (χ3v) is 7.41. The van der Waals surface area contributed by atoms with E-state index in [-0.39, 0.29) is 10.6 Å². The minimum absolute atomic E-state index is 0.0929. The van der Waals surface area contributed by atoms with Crippen LogP contribution in [0.1, 0.15) is 25.7 Å². The Bertz CT molecular complexity index is 1010.